The van der Waals surface area contributed by atoms with E-state index in [0.29, 0.717) is 17.6 Å². The van der Waals surface area contributed by atoms with E-state index in [-0.39, 0.29) is 11.7 Å². The molecule has 0 aliphatic heterocycles. The van der Waals surface area contributed by atoms with Gasteiger partial charge in [0.15, 0.2) is 0 Å². The van der Waals surface area contributed by atoms with Gasteiger partial charge in [0.1, 0.15) is 5.83 Å². The summed E-state index contributed by atoms with van der Waals surface area (Å²) >= 11 is 0. The first-order valence-corrected chi connectivity index (χ1v) is 9.56. The highest BCUT2D eigenvalue weighted by Crippen LogP contribution is 2.32. The van der Waals surface area contributed by atoms with Crippen LogP contribution in [-0.4, -0.2) is 0 Å². The molecule has 0 aromatic heterocycles. The molecule has 0 bridgehead atoms. The van der Waals surface area contributed by atoms with Crippen LogP contribution in [0.1, 0.15) is 52.7 Å². The van der Waals surface area contributed by atoms with E-state index in [1.165, 1.54) is 0 Å². The Morgan fingerprint density at radius 2 is 1.70 bits per heavy atom. The van der Waals surface area contributed by atoms with Gasteiger partial charge >= 0.3 is 0 Å². The first-order valence-electron chi connectivity index (χ1n) is 9.56. The topological polar surface area (TPSA) is 0 Å². The van der Waals surface area contributed by atoms with Crippen molar-refractivity contribution in [2.24, 2.45) is 5.92 Å². The Kier molecular flexibility index (Phi) is 8.94. The van der Waals surface area contributed by atoms with Gasteiger partial charge < -0.3 is 0 Å². The molecule has 0 aliphatic rings. The molecule has 0 unspecified atom stereocenters. The number of benzene rings is 1. The van der Waals surface area contributed by atoms with Crippen molar-refractivity contribution >= 4 is 5.57 Å². The molecule has 0 nitrogen and oxygen atoms in total. The predicted octanol–water partition coefficient (Wildman–Crippen LogP) is 8.17. The fraction of sp³-hybridized carbons (Fsp3) is 0.308. The molecule has 0 fully saturated rings. The summed E-state index contributed by atoms with van der Waals surface area (Å²) in [5, 5.41) is 0. The Bertz CT molecular complexity index is 810. The van der Waals surface area contributed by atoms with E-state index in [0.717, 1.165) is 27.8 Å². The number of allylic oxidation sites excluding steroid dienone is 10. The highest BCUT2D eigenvalue weighted by atomic mass is 19.1. The molecule has 0 atom stereocenters. The quantitative estimate of drug-likeness (QED) is 0.408. The lowest BCUT2D eigenvalue weighted by Crippen LogP contribution is -2.04. The fourth-order valence-electron chi connectivity index (χ4n) is 3.25. The lowest BCUT2D eigenvalue weighted by Gasteiger charge is -2.18. The van der Waals surface area contributed by atoms with Gasteiger partial charge in [0.25, 0.3) is 0 Å². The van der Waals surface area contributed by atoms with Crippen LogP contribution in [0.25, 0.3) is 5.57 Å². The van der Waals surface area contributed by atoms with Crippen LogP contribution in [0.4, 0.5) is 4.39 Å². The summed E-state index contributed by atoms with van der Waals surface area (Å²) in [6, 6.07) is 8.15. The van der Waals surface area contributed by atoms with Crippen LogP contribution in [0.5, 0.6) is 0 Å². The molecule has 0 heterocycles. The molecule has 1 aromatic rings. The normalized spacial score (nSPS) is 13.9. The van der Waals surface area contributed by atoms with Gasteiger partial charge in [-0.05, 0) is 61.5 Å². The Morgan fingerprint density at radius 3 is 2.19 bits per heavy atom. The summed E-state index contributed by atoms with van der Waals surface area (Å²) in [4.78, 5) is 0. The monoisotopic (exact) mass is 364 g/mol. The van der Waals surface area contributed by atoms with E-state index in [1.54, 1.807) is 0 Å². The maximum atomic E-state index is 15.4. The smallest absolute Gasteiger partial charge is 0.133 e. The van der Waals surface area contributed by atoms with Gasteiger partial charge in [-0.1, -0.05) is 81.1 Å². The van der Waals surface area contributed by atoms with E-state index < -0.39 is 0 Å². The van der Waals surface area contributed by atoms with Gasteiger partial charge in [-0.25, -0.2) is 4.39 Å². The predicted molar refractivity (Wildman–Crippen MR) is 119 cm³/mol. The van der Waals surface area contributed by atoms with Crippen molar-refractivity contribution in [1.82, 2.24) is 0 Å². The van der Waals surface area contributed by atoms with Crippen LogP contribution in [0.2, 0.25) is 0 Å². The molecule has 1 heteroatoms. The third kappa shape index (κ3) is 5.79. The highest BCUT2D eigenvalue weighted by molar-refractivity contribution is 5.76. The molecule has 0 aliphatic carbocycles. The Balaban J connectivity index is 3.46. The van der Waals surface area contributed by atoms with Crippen LogP contribution in [-0.2, 0) is 6.42 Å². The van der Waals surface area contributed by atoms with Crippen LogP contribution in [0.3, 0.4) is 0 Å². The summed E-state index contributed by atoms with van der Waals surface area (Å²) in [6.07, 6.45) is 8.61. The zero-order valence-corrected chi connectivity index (χ0v) is 17.7. The van der Waals surface area contributed by atoms with Crippen LogP contribution in [0, 0.1) is 5.92 Å². The molecular weight excluding hydrogens is 331 g/mol. The van der Waals surface area contributed by atoms with Gasteiger partial charge in [0.2, 0.25) is 0 Å². The lowest BCUT2D eigenvalue weighted by molar-refractivity contribution is 0.628. The standard InChI is InChI=1S/C26H33F/c1-9-14-21(10-2)24-16-13-12-15-22(24)17-25(19(6)7)26(27)20(8)23(11-3)18(4)5/h9-16,18H,6,8,17H2,1-5,7H3/b14-9-,21-10+,23-11-,26-25-. The second-order valence-corrected chi connectivity index (χ2v) is 7.03. The van der Waals surface area contributed by atoms with E-state index in [9.17, 15) is 0 Å². The van der Waals surface area contributed by atoms with E-state index in [1.807, 2.05) is 52.0 Å². The molecule has 0 saturated heterocycles. The SMILES string of the molecule is C=C(/C(=C\C)C(C)C)/C(F)=C(\Cc1ccccc1C(/C=C\C)=C/C)C(=C)C. The van der Waals surface area contributed by atoms with Crippen molar-refractivity contribution in [2.75, 3.05) is 0 Å². The average Bonchev–Trinajstić information content (AvgIpc) is 2.64. The first-order chi connectivity index (χ1) is 12.8. The second-order valence-electron chi connectivity index (χ2n) is 7.03. The maximum Gasteiger partial charge on any atom is 0.133 e. The van der Waals surface area contributed by atoms with Gasteiger partial charge in [-0.3, -0.25) is 0 Å². The number of rotatable bonds is 8. The van der Waals surface area contributed by atoms with E-state index >= 15 is 4.39 Å². The largest absolute Gasteiger partial charge is 0.206 e. The van der Waals surface area contributed by atoms with E-state index in [4.69, 9.17) is 0 Å². The third-order valence-electron chi connectivity index (χ3n) is 4.68. The molecular formula is C26H33F. The molecule has 0 radical (unpaired) electrons. The van der Waals surface area contributed by atoms with Crippen LogP contribution >= 0.6 is 0 Å². The Labute approximate surface area is 165 Å². The molecule has 0 spiro atoms. The minimum atomic E-state index is -0.257. The first kappa shape index (κ1) is 22.6. The molecule has 1 rings (SSSR count). The molecule has 144 valence electrons. The van der Waals surface area contributed by atoms with Crippen LogP contribution < -0.4 is 0 Å². The maximum absolute atomic E-state index is 15.4. The third-order valence-corrected chi connectivity index (χ3v) is 4.68. The van der Waals surface area contributed by atoms with Gasteiger partial charge in [0.05, 0.1) is 0 Å². The zero-order valence-electron chi connectivity index (χ0n) is 17.7. The zero-order chi connectivity index (χ0) is 20.6. The minimum absolute atomic E-state index is 0.219. The van der Waals surface area contributed by atoms with Gasteiger partial charge in [-0.2, -0.15) is 0 Å². The summed E-state index contributed by atoms with van der Waals surface area (Å²) in [5.41, 5.74) is 6.07. The van der Waals surface area contributed by atoms with E-state index in [2.05, 4.69) is 51.3 Å². The lowest BCUT2D eigenvalue weighted by atomic mass is 9.88. The molecule has 1 aromatic carbocycles. The Hall–Kier alpha value is -2.41. The van der Waals surface area contributed by atoms with Crippen molar-refractivity contribution in [2.45, 2.75) is 48.0 Å². The highest BCUT2D eigenvalue weighted by Gasteiger charge is 2.18. The summed E-state index contributed by atoms with van der Waals surface area (Å²) < 4.78 is 15.4. The molecule has 0 N–H and O–H groups in total. The van der Waals surface area contributed by atoms with Gasteiger partial charge in [0, 0.05) is 12.0 Å². The van der Waals surface area contributed by atoms with Crippen molar-refractivity contribution in [3.05, 3.63) is 101 Å². The Morgan fingerprint density at radius 1 is 1.07 bits per heavy atom. The van der Waals surface area contributed by atoms with Crippen molar-refractivity contribution in [3.63, 3.8) is 0 Å². The summed E-state index contributed by atoms with van der Waals surface area (Å²) in [7, 11) is 0. The summed E-state index contributed by atoms with van der Waals surface area (Å²) in [6.45, 7) is 20.0. The van der Waals surface area contributed by atoms with Crippen molar-refractivity contribution in [1.29, 1.82) is 0 Å². The van der Waals surface area contributed by atoms with Crippen LogP contribution in [0.15, 0.2) is 89.8 Å². The number of hydrogen-bond donors (Lipinski definition) is 0. The van der Waals surface area contributed by atoms with Crippen molar-refractivity contribution < 1.29 is 4.39 Å². The number of hydrogen-bond acceptors (Lipinski definition) is 0. The molecule has 0 amide bonds. The average molecular weight is 365 g/mol. The molecule has 27 heavy (non-hydrogen) atoms. The van der Waals surface area contributed by atoms with Crippen molar-refractivity contribution in [3.8, 4) is 0 Å². The molecule has 0 saturated carbocycles. The summed E-state index contributed by atoms with van der Waals surface area (Å²) in [5.74, 6) is -0.0385. The van der Waals surface area contributed by atoms with Gasteiger partial charge in [-0.15, -0.1) is 0 Å². The second kappa shape index (κ2) is 10.7. The number of halogens is 1. The fourth-order valence-corrected chi connectivity index (χ4v) is 3.25. The minimum Gasteiger partial charge on any atom is -0.206 e.